The Balaban J connectivity index is 1.05. The molecule has 4 aromatic rings. The van der Waals surface area contributed by atoms with Gasteiger partial charge in [0.1, 0.15) is 17.1 Å². The summed E-state index contributed by atoms with van der Waals surface area (Å²) >= 11 is 1.52. The molecule has 2 aliphatic rings. The van der Waals surface area contributed by atoms with Crippen LogP contribution < -0.4 is 10.6 Å². The first kappa shape index (κ1) is 30.0. The Bertz CT molecular complexity index is 1730. The molecule has 4 amide bonds. The normalized spacial score (nSPS) is 17.4. The van der Waals surface area contributed by atoms with E-state index in [1.54, 1.807) is 15.9 Å². The Morgan fingerprint density at radius 3 is 2.20 bits per heavy atom. The lowest BCUT2D eigenvalue weighted by Crippen LogP contribution is -2.44. The number of hydrogen-bond donors (Lipinski definition) is 2. The molecule has 2 aliphatic heterocycles. The van der Waals surface area contributed by atoms with Crippen LogP contribution in [0.4, 0.5) is 11.4 Å². The average Bonchev–Trinajstić information content (AvgIpc) is 3.84. The smallest absolute Gasteiger partial charge is 0.251 e. The van der Waals surface area contributed by atoms with Crippen LogP contribution in [0.3, 0.4) is 0 Å². The highest BCUT2D eigenvalue weighted by Gasteiger charge is 2.32. The first-order valence-corrected chi connectivity index (χ1v) is 15.8. The zero-order chi connectivity index (χ0) is 31.3. The third-order valence-corrected chi connectivity index (χ3v) is 8.95. The number of carbonyl (C=O) groups is 4. The number of nitrogens with zero attached hydrogens (tertiary/aromatic N) is 3. The summed E-state index contributed by atoms with van der Waals surface area (Å²) in [5, 5.41) is 8.69. The van der Waals surface area contributed by atoms with Crippen molar-refractivity contribution >= 4 is 46.3 Å². The molecule has 0 radical (unpaired) electrons. The second kappa shape index (κ2) is 13.3. The maximum absolute atomic E-state index is 13.1. The van der Waals surface area contributed by atoms with Gasteiger partial charge in [0.2, 0.25) is 17.7 Å². The van der Waals surface area contributed by atoms with E-state index < -0.39 is 12.1 Å². The molecule has 1 aromatic heterocycles. The summed E-state index contributed by atoms with van der Waals surface area (Å²) in [6, 6.07) is 23.4. The van der Waals surface area contributed by atoms with Crippen molar-refractivity contribution in [2.75, 3.05) is 23.7 Å². The molecule has 228 valence electrons. The third-order valence-electron chi connectivity index (χ3n) is 8.06. The van der Waals surface area contributed by atoms with Gasteiger partial charge in [-0.1, -0.05) is 54.6 Å². The highest BCUT2D eigenvalue weighted by Crippen LogP contribution is 2.30. The lowest BCUT2D eigenvalue weighted by atomic mass is 10.1. The number of aromatic nitrogens is 1. The van der Waals surface area contributed by atoms with Crippen LogP contribution in [0.5, 0.6) is 0 Å². The number of rotatable bonds is 8. The first-order chi connectivity index (χ1) is 21.9. The average molecular weight is 620 g/mol. The monoisotopic (exact) mass is 619 g/mol. The summed E-state index contributed by atoms with van der Waals surface area (Å²) < 4.78 is 0. The van der Waals surface area contributed by atoms with Crippen LogP contribution in [0.2, 0.25) is 0 Å². The van der Waals surface area contributed by atoms with Crippen LogP contribution in [-0.2, 0) is 25.6 Å². The summed E-state index contributed by atoms with van der Waals surface area (Å²) in [6.45, 7) is 2.52. The van der Waals surface area contributed by atoms with E-state index >= 15 is 0 Å². The Morgan fingerprint density at radius 1 is 0.844 bits per heavy atom. The lowest BCUT2D eigenvalue weighted by Gasteiger charge is -2.24. The number of hydrogen-bond acceptors (Lipinski definition) is 6. The first-order valence-electron chi connectivity index (χ1n) is 14.9. The number of anilines is 2. The topological polar surface area (TPSA) is 112 Å². The van der Waals surface area contributed by atoms with Crippen molar-refractivity contribution in [3.05, 3.63) is 102 Å². The molecule has 1 saturated heterocycles. The fourth-order valence-electron chi connectivity index (χ4n) is 5.70. The van der Waals surface area contributed by atoms with Gasteiger partial charge in [-0.2, -0.15) is 0 Å². The predicted octanol–water partition coefficient (Wildman–Crippen LogP) is 5.37. The third kappa shape index (κ3) is 6.86. The minimum Gasteiger partial charge on any atom is -0.331 e. The summed E-state index contributed by atoms with van der Waals surface area (Å²) in [7, 11) is 0. The molecule has 0 spiro atoms. The van der Waals surface area contributed by atoms with Gasteiger partial charge in [-0.25, -0.2) is 4.98 Å². The molecule has 6 rings (SSSR count). The fourth-order valence-corrected chi connectivity index (χ4v) is 6.53. The van der Waals surface area contributed by atoms with Gasteiger partial charge in [0.05, 0.1) is 12.1 Å². The van der Waals surface area contributed by atoms with Crippen molar-refractivity contribution in [1.82, 2.24) is 14.8 Å². The molecular formula is C35H33N5O4S. The van der Waals surface area contributed by atoms with Gasteiger partial charge in [0.25, 0.3) is 5.91 Å². The molecule has 0 aliphatic carbocycles. The number of carbonyl (C=O) groups excluding carboxylic acids is 4. The number of thiazole rings is 1. The Morgan fingerprint density at radius 2 is 1.51 bits per heavy atom. The van der Waals surface area contributed by atoms with E-state index in [0.29, 0.717) is 30.9 Å². The molecule has 9 nitrogen and oxygen atoms in total. The summed E-state index contributed by atoms with van der Waals surface area (Å²) in [5.41, 5.74) is 4.87. The molecule has 2 N–H and O–H groups in total. The maximum Gasteiger partial charge on any atom is 0.251 e. The van der Waals surface area contributed by atoms with Gasteiger partial charge in [-0.3, -0.25) is 19.2 Å². The van der Waals surface area contributed by atoms with Crippen molar-refractivity contribution in [1.29, 1.82) is 0 Å². The van der Waals surface area contributed by atoms with Gasteiger partial charge >= 0.3 is 0 Å². The molecule has 2 atom stereocenters. The van der Waals surface area contributed by atoms with Crippen molar-refractivity contribution in [3.63, 3.8) is 0 Å². The highest BCUT2D eigenvalue weighted by molar-refractivity contribution is 7.13. The Labute approximate surface area is 265 Å². The minimum atomic E-state index is -0.653. The second-order valence-electron chi connectivity index (χ2n) is 11.1. The van der Waals surface area contributed by atoms with Crippen molar-refractivity contribution < 1.29 is 19.2 Å². The van der Waals surface area contributed by atoms with Crippen molar-refractivity contribution in [2.45, 2.75) is 38.3 Å². The molecule has 3 aromatic carbocycles. The van der Waals surface area contributed by atoms with E-state index in [1.807, 2.05) is 90.3 Å². The van der Waals surface area contributed by atoms with E-state index in [-0.39, 0.29) is 30.0 Å². The second-order valence-corrected chi connectivity index (χ2v) is 12.0. The van der Waals surface area contributed by atoms with E-state index in [0.717, 1.165) is 33.8 Å². The molecule has 0 bridgehead atoms. The lowest BCUT2D eigenvalue weighted by molar-refractivity contribution is -0.135. The molecule has 10 heteroatoms. The molecule has 1 fully saturated rings. The number of nitrogens with one attached hydrogen (secondary N) is 2. The number of benzene rings is 3. The van der Waals surface area contributed by atoms with Gasteiger partial charge in [0.15, 0.2) is 0 Å². The number of likely N-dealkylation sites (tertiary alicyclic amines) is 1. The van der Waals surface area contributed by atoms with Crippen LogP contribution in [0.1, 0.15) is 25.3 Å². The van der Waals surface area contributed by atoms with Crippen molar-refractivity contribution in [3.8, 4) is 21.8 Å². The minimum absolute atomic E-state index is 0.0809. The van der Waals surface area contributed by atoms with Crippen LogP contribution in [0.25, 0.3) is 21.8 Å². The van der Waals surface area contributed by atoms with Crippen LogP contribution in [0.15, 0.2) is 96.4 Å². The highest BCUT2D eigenvalue weighted by atomic mass is 32.1. The molecule has 0 saturated carbocycles. The Hall–Kier alpha value is -5.09. The van der Waals surface area contributed by atoms with E-state index in [4.69, 9.17) is 4.98 Å². The Kier molecular flexibility index (Phi) is 8.84. The summed E-state index contributed by atoms with van der Waals surface area (Å²) in [5.74, 6) is -0.596. The van der Waals surface area contributed by atoms with Crippen LogP contribution in [0, 0.1) is 0 Å². The fraction of sp³-hybridized carbons (Fsp3) is 0.229. The molecule has 45 heavy (non-hydrogen) atoms. The van der Waals surface area contributed by atoms with Gasteiger partial charge < -0.3 is 20.4 Å². The maximum atomic E-state index is 13.1. The SMILES string of the molecule is CC(=O)N1CCCC1C(=O)Nc1ccc(-c2nc(-c3ccc(NC(=O)C4C=CCN4C(=O)Cc4ccccc4)cc3)cs2)cc1. The summed E-state index contributed by atoms with van der Waals surface area (Å²) in [4.78, 5) is 58.5. The van der Waals surface area contributed by atoms with Gasteiger partial charge in [-0.15, -0.1) is 11.3 Å². The molecule has 2 unspecified atom stereocenters. The van der Waals surface area contributed by atoms with Crippen LogP contribution in [-0.4, -0.2) is 63.6 Å². The number of amides is 4. The molecular weight excluding hydrogens is 586 g/mol. The quantitative estimate of drug-likeness (QED) is 0.258. The van der Waals surface area contributed by atoms with E-state index in [1.165, 1.54) is 18.3 Å². The standard InChI is InChI=1S/C35H33N5O4S/c1-23(41)39-19-5-9-30(39)33(43)36-28-17-13-26(14-18-28)35-38-29(22-45-35)25-11-15-27(16-12-25)37-34(44)31-10-6-20-40(31)32(42)21-24-7-3-2-4-8-24/h2-4,6-8,10-18,22,30-31H,5,9,19-21H2,1H3,(H,36,43)(H,37,44). The predicted molar refractivity (Wildman–Crippen MR) is 175 cm³/mol. The zero-order valence-corrected chi connectivity index (χ0v) is 25.6. The van der Waals surface area contributed by atoms with Crippen LogP contribution >= 0.6 is 11.3 Å². The zero-order valence-electron chi connectivity index (χ0n) is 24.8. The van der Waals surface area contributed by atoms with E-state index in [9.17, 15) is 19.2 Å². The van der Waals surface area contributed by atoms with Crippen molar-refractivity contribution in [2.24, 2.45) is 0 Å². The summed E-state index contributed by atoms with van der Waals surface area (Å²) in [6.07, 6.45) is 5.36. The van der Waals surface area contributed by atoms with E-state index in [2.05, 4.69) is 10.6 Å². The van der Waals surface area contributed by atoms with Gasteiger partial charge in [-0.05, 0) is 54.8 Å². The van der Waals surface area contributed by atoms with Gasteiger partial charge in [0, 0.05) is 47.9 Å². The molecule has 3 heterocycles. The largest absolute Gasteiger partial charge is 0.331 e.